The molecule has 0 radical (unpaired) electrons. The van der Waals surface area contributed by atoms with Gasteiger partial charge in [-0.15, -0.1) is 0 Å². The van der Waals surface area contributed by atoms with Crippen molar-refractivity contribution in [1.82, 2.24) is 15.3 Å². The van der Waals surface area contributed by atoms with Gasteiger partial charge in [0.15, 0.2) is 0 Å². The number of benzene rings is 3. The Hall–Kier alpha value is -3.25. The number of carbonyl (C=O) groups is 2. The second-order valence-corrected chi connectivity index (χ2v) is 11.1. The average molecular weight is 624 g/mol. The first-order valence-corrected chi connectivity index (χ1v) is 13.6. The smallest absolute Gasteiger partial charge is 0.326 e. The molecule has 1 amide bonds. The van der Waals surface area contributed by atoms with E-state index in [-0.39, 0.29) is 33.1 Å². The molecule has 0 bridgehead atoms. The number of hydrogen-bond donors (Lipinski definition) is 3. The van der Waals surface area contributed by atoms with Crippen LogP contribution in [0.2, 0.25) is 10.0 Å². The number of aliphatic carboxylic acids is 1. The van der Waals surface area contributed by atoms with Gasteiger partial charge in [0.05, 0.1) is 21.8 Å². The average Bonchev–Trinajstić information content (AvgIpc) is 2.85. The molecule has 4 rings (SSSR count). The number of halogens is 3. The summed E-state index contributed by atoms with van der Waals surface area (Å²) in [5, 5.41) is 12.8. The monoisotopic (exact) mass is 622 g/mol. The molecule has 3 aromatic carbocycles. The van der Waals surface area contributed by atoms with Gasteiger partial charge in [0, 0.05) is 28.3 Å². The van der Waals surface area contributed by atoms with Crippen molar-refractivity contribution in [2.24, 2.45) is 0 Å². The molecule has 1 unspecified atom stereocenters. The first-order valence-electron chi connectivity index (χ1n) is 10.5. The van der Waals surface area contributed by atoms with Crippen molar-refractivity contribution >= 4 is 77.8 Å². The van der Waals surface area contributed by atoms with Crippen LogP contribution in [-0.4, -0.2) is 41.4 Å². The van der Waals surface area contributed by atoms with E-state index < -0.39 is 27.9 Å². The first kappa shape index (κ1) is 26.8. The fourth-order valence-corrected chi connectivity index (χ4v) is 5.47. The van der Waals surface area contributed by atoms with Gasteiger partial charge in [-0.2, -0.15) is 0 Å². The molecule has 0 aliphatic heterocycles. The lowest BCUT2D eigenvalue weighted by atomic mass is 10.1. The minimum absolute atomic E-state index is 0.0415. The van der Waals surface area contributed by atoms with Crippen molar-refractivity contribution in [3.05, 3.63) is 92.6 Å². The summed E-state index contributed by atoms with van der Waals surface area (Å²) >= 11 is 15.4. The molecule has 0 fully saturated rings. The Bertz CT molecular complexity index is 1630. The van der Waals surface area contributed by atoms with Crippen molar-refractivity contribution in [3.8, 4) is 0 Å². The zero-order chi connectivity index (χ0) is 26.7. The van der Waals surface area contributed by atoms with Crippen LogP contribution in [0.25, 0.3) is 11.0 Å². The highest BCUT2D eigenvalue weighted by molar-refractivity contribution is 9.10. The maximum absolute atomic E-state index is 13.3. The van der Waals surface area contributed by atoms with Crippen LogP contribution in [0.3, 0.4) is 0 Å². The number of carboxylic acid groups (broad SMARTS) is 1. The number of anilines is 1. The third-order valence-electron chi connectivity index (χ3n) is 5.25. The van der Waals surface area contributed by atoms with E-state index in [1.165, 1.54) is 42.7 Å². The highest BCUT2D eigenvalue weighted by Gasteiger charge is 2.26. The number of nitrogens with zero attached hydrogens (tertiary/aromatic N) is 2. The number of sulfonamides is 1. The normalized spacial score (nSPS) is 12.2. The number of hydrogen-bond acceptors (Lipinski definition) is 6. The van der Waals surface area contributed by atoms with Gasteiger partial charge in [-0.1, -0.05) is 35.3 Å². The number of amides is 1. The van der Waals surface area contributed by atoms with Gasteiger partial charge in [0.25, 0.3) is 15.9 Å². The van der Waals surface area contributed by atoms with Gasteiger partial charge in [-0.3, -0.25) is 19.5 Å². The summed E-state index contributed by atoms with van der Waals surface area (Å²) in [6.07, 6.45) is 2.76. The summed E-state index contributed by atoms with van der Waals surface area (Å²) in [5.74, 6) is -2.09. The fraction of sp³-hybridized carbons (Fsp3) is 0.0833. The van der Waals surface area contributed by atoms with Gasteiger partial charge < -0.3 is 10.4 Å². The Morgan fingerprint density at radius 2 is 1.78 bits per heavy atom. The van der Waals surface area contributed by atoms with Crippen LogP contribution < -0.4 is 10.0 Å². The quantitative estimate of drug-likeness (QED) is 0.253. The predicted octanol–water partition coefficient (Wildman–Crippen LogP) is 4.93. The molecule has 0 spiro atoms. The minimum Gasteiger partial charge on any atom is -0.480 e. The molecule has 190 valence electrons. The third-order valence-corrected chi connectivity index (χ3v) is 8.10. The van der Waals surface area contributed by atoms with E-state index >= 15 is 0 Å². The largest absolute Gasteiger partial charge is 0.480 e. The van der Waals surface area contributed by atoms with E-state index in [0.717, 1.165) is 0 Å². The zero-order valence-corrected chi connectivity index (χ0v) is 22.6. The third kappa shape index (κ3) is 6.19. The first-order chi connectivity index (χ1) is 17.5. The Morgan fingerprint density at radius 1 is 1.03 bits per heavy atom. The fourth-order valence-electron chi connectivity index (χ4n) is 3.52. The molecule has 37 heavy (non-hydrogen) atoms. The minimum atomic E-state index is -4.24. The van der Waals surface area contributed by atoms with Crippen LogP contribution in [0, 0.1) is 0 Å². The van der Waals surface area contributed by atoms with Gasteiger partial charge in [-0.25, -0.2) is 13.2 Å². The zero-order valence-electron chi connectivity index (χ0n) is 18.7. The summed E-state index contributed by atoms with van der Waals surface area (Å²) in [6.45, 7) is 0. The van der Waals surface area contributed by atoms with Crippen molar-refractivity contribution < 1.29 is 23.1 Å². The molecule has 1 atom stereocenters. The molecule has 0 saturated carbocycles. The molecular weight excluding hydrogens is 607 g/mol. The maximum Gasteiger partial charge on any atom is 0.326 e. The standard InChI is InChI=1S/C24H17BrCl2N4O5S/c25-16-10-13(4-7-17(16)27)11-20(24(33)34)30-23(32)15-6-5-14(26)12-19(15)31-37(35,36)21-3-1-2-18-22(21)29-9-8-28-18/h1-10,12,20,31H,11H2,(H,30,32)(H,33,34). The number of rotatable bonds is 8. The van der Waals surface area contributed by atoms with Crippen LogP contribution in [-0.2, 0) is 21.2 Å². The van der Waals surface area contributed by atoms with E-state index in [9.17, 15) is 23.1 Å². The maximum atomic E-state index is 13.3. The van der Waals surface area contributed by atoms with Crippen molar-refractivity contribution in [2.45, 2.75) is 17.4 Å². The Labute approximate surface area is 230 Å². The lowest BCUT2D eigenvalue weighted by Gasteiger charge is -2.18. The molecule has 1 aromatic heterocycles. The number of nitrogens with one attached hydrogen (secondary N) is 2. The summed E-state index contributed by atoms with van der Waals surface area (Å²) in [4.78, 5) is 33.1. The van der Waals surface area contributed by atoms with Crippen molar-refractivity contribution in [2.75, 3.05) is 4.72 Å². The van der Waals surface area contributed by atoms with Gasteiger partial charge in [0.1, 0.15) is 16.5 Å². The predicted molar refractivity (Wildman–Crippen MR) is 144 cm³/mol. The summed E-state index contributed by atoms with van der Waals surface area (Å²) in [7, 11) is -4.24. The molecule has 4 aromatic rings. The van der Waals surface area contributed by atoms with E-state index in [1.807, 2.05) is 0 Å². The summed E-state index contributed by atoms with van der Waals surface area (Å²) in [6, 6.07) is 12.0. The highest BCUT2D eigenvalue weighted by Crippen LogP contribution is 2.27. The molecule has 13 heteroatoms. The topological polar surface area (TPSA) is 138 Å². The van der Waals surface area contributed by atoms with Crippen molar-refractivity contribution in [3.63, 3.8) is 0 Å². The Kier molecular flexibility index (Phi) is 7.98. The SMILES string of the molecule is O=C(NC(Cc1ccc(Cl)c(Br)c1)C(=O)O)c1ccc(Cl)cc1NS(=O)(=O)c1cccc2nccnc12. The Morgan fingerprint density at radius 3 is 2.51 bits per heavy atom. The van der Waals surface area contributed by atoms with Crippen molar-refractivity contribution in [1.29, 1.82) is 0 Å². The lowest BCUT2D eigenvalue weighted by Crippen LogP contribution is -2.42. The molecule has 0 aliphatic carbocycles. The number of para-hydroxylation sites is 1. The van der Waals surface area contributed by atoms with Gasteiger partial charge in [0.2, 0.25) is 0 Å². The highest BCUT2D eigenvalue weighted by atomic mass is 79.9. The van der Waals surface area contributed by atoms with E-state index in [4.69, 9.17) is 23.2 Å². The Balaban J connectivity index is 1.63. The van der Waals surface area contributed by atoms with Crippen LogP contribution in [0.4, 0.5) is 5.69 Å². The number of carboxylic acids is 1. The molecule has 9 nitrogen and oxygen atoms in total. The molecule has 1 heterocycles. The summed E-state index contributed by atoms with van der Waals surface area (Å²) < 4.78 is 29.5. The molecule has 0 saturated heterocycles. The molecule has 0 aliphatic rings. The van der Waals surface area contributed by atoms with E-state index in [1.54, 1.807) is 24.3 Å². The van der Waals surface area contributed by atoms with Gasteiger partial charge in [-0.05, 0) is 64.0 Å². The lowest BCUT2D eigenvalue weighted by molar-refractivity contribution is -0.139. The van der Waals surface area contributed by atoms with Crippen LogP contribution in [0.1, 0.15) is 15.9 Å². The van der Waals surface area contributed by atoms with Gasteiger partial charge >= 0.3 is 5.97 Å². The molecular formula is C24H17BrCl2N4O5S. The number of carbonyl (C=O) groups excluding carboxylic acids is 1. The molecule has 3 N–H and O–H groups in total. The summed E-state index contributed by atoms with van der Waals surface area (Å²) in [5.41, 5.74) is 0.864. The van der Waals surface area contributed by atoms with Crippen LogP contribution >= 0.6 is 39.1 Å². The van der Waals surface area contributed by atoms with Crippen LogP contribution in [0.5, 0.6) is 0 Å². The number of fused-ring (bicyclic) bond motifs is 1. The second kappa shape index (κ2) is 11.0. The van der Waals surface area contributed by atoms with E-state index in [0.29, 0.717) is 20.6 Å². The van der Waals surface area contributed by atoms with E-state index in [2.05, 4.69) is 35.9 Å². The number of aromatic nitrogens is 2. The van der Waals surface area contributed by atoms with Crippen LogP contribution in [0.15, 0.2) is 76.4 Å². The second-order valence-electron chi connectivity index (χ2n) is 7.79.